The molecule has 0 spiro atoms. The number of aliphatic imine (C=N–C) groups is 2. The molecule has 0 unspecified atom stereocenters. The van der Waals surface area contributed by atoms with Gasteiger partial charge < -0.3 is 0 Å². The number of hydrogen-bond acceptors (Lipinski definition) is 3. The lowest BCUT2D eigenvalue weighted by molar-refractivity contribution is 0.701. The van der Waals surface area contributed by atoms with Crippen LogP contribution in [0.4, 0.5) is 0 Å². The van der Waals surface area contributed by atoms with Crippen LogP contribution < -0.4 is 0 Å². The third-order valence-corrected chi connectivity index (χ3v) is 2.13. The van der Waals surface area contributed by atoms with Crippen molar-refractivity contribution in [1.29, 1.82) is 0 Å². The van der Waals surface area contributed by atoms with Crippen molar-refractivity contribution in [3.8, 4) is 0 Å². The fraction of sp³-hybridized carbons (Fsp3) is 0.125. The lowest BCUT2D eigenvalue weighted by Gasteiger charge is -2.01. The largest absolute Gasteiger partial charge is 0.232 e. The second-order valence-electron chi connectivity index (χ2n) is 2.48. The predicted octanol–water partition coefficient (Wildman–Crippen LogP) is 0.699. The Morgan fingerprint density at radius 2 is 2.25 bits per heavy atom. The maximum atomic E-state index is 10.6. The van der Waals surface area contributed by atoms with E-state index in [1.54, 1.807) is 6.08 Å². The Morgan fingerprint density at radius 1 is 1.42 bits per heavy atom. The van der Waals surface area contributed by atoms with Crippen LogP contribution in [0.1, 0.15) is 6.92 Å². The van der Waals surface area contributed by atoms with Crippen molar-refractivity contribution in [3.63, 3.8) is 0 Å². The molecule has 0 bridgehead atoms. The Morgan fingerprint density at radius 3 is 3.00 bits per heavy atom. The quantitative estimate of drug-likeness (QED) is 0.503. The summed E-state index contributed by atoms with van der Waals surface area (Å²) in [5, 5.41) is 0. The third kappa shape index (κ3) is 1.00. The maximum absolute atomic E-state index is 10.6. The summed E-state index contributed by atoms with van der Waals surface area (Å²) >= 11 is 0.459. The molecule has 0 saturated heterocycles. The van der Waals surface area contributed by atoms with Gasteiger partial charge in [0.15, 0.2) is 0 Å². The van der Waals surface area contributed by atoms with Crippen molar-refractivity contribution in [2.75, 3.05) is 0 Å². The molecule has 2 aliphatic rings. The summed E-state index contributed by atoms with van der Waals surface area (Å²) in [6.45, 7) is 1.82. The highest BCUT2D eigenvalue weighted by molar-refractivity contribution is 7.69. The van der Waals surface area contributed by atoms with Gasteiger partial charge >= 0.3 is 0 Å². The van der Waals surface area contributed by atoms with E-state index in [-0.39, 0.29) is 0 Å². The number of allylic oxidation sites excluding steroid dienone is 4. The van der Waals surface area contributed by atoms with Crippen molar-refractivity contribution in [2.24, 2.45) is 9.98 Å². The Labute approximate surface area is 73.3 Å². The molecule has 3 nitrogen and oxygen atoms in total. The zero-order chi connectivity index (χ0) is 8.55. The van der Waals surface area contributed by atoms with E-state index < -0.39 is 0 Å². The molecule has 1 heterocycles. The van der Waals surface area contributed by atoms with Crippen LogP contribution in [-0.4, -0.2) is 20.6 Å². The zero-order valence-corrected chi connectivity index (χ0v) is 7.26. The lowest BCUT2D eigenvalue weighted by atomic mass is 10.1. The molecule has 4 heteroatoms. The molecular formula is C8H6N2OS. The van der Waals surface area contributed by atoms with Crippen LogP contribution in [-0.2, 0) is 11.3 Å². The number of fused-ring (bicyclic) bond motifs is 1. The van der Waals surface area contributed by atoms with Gasteiger partial charge in [0.2, 0.25) is 0 Å². The van der Waals surface area contributed by atoms with Gasteiger partial charge in [-0.25, -0.2) is 14.2 Å². The summed E-state index contributed by atoms with van der Waals surface area (Å²) in [6.07, 6.45) is 5.43. The first kappa shape index (κ1) is 7.36. The van der Waals surface area contributed by atoms with Crippen molar-refractivity contribution in [3.05, 3.63) is 23.9 Å². The lowest BCUT2D eigenvalue weighted by Crippen LogP contribution is -2.13. The molecule has 0 amide bonds. The van der Waals surface area contributed by atoms with Crippen LogP contribution in [0.15, 0.2) is 33.9 Å². The van der Waals surface area contributed by atoms with E-state index >= 15 is 0 Å². The second-order valence-corrected chi connectivity index (χ2v) is 3.08. The summed E-state index contributed by atoms with van der Waals surface area (Å²) in [6, 6.07) is 0. The van der Waals surface area contributed by atoms with E-state index in [2.05, 4.69) is 9.98 Å². The van der Waals surface area contributed by atoms with E-state index in [1.165, 1.54) is 0 Å². The monoisotopic (exact) mass is 178 g/mol. The van der Waals surface area contributed by atoms with Crippen molar-refractivity contribution >= 4 is 27.7 Å². The first-order valence-corrected chi connectivity index (χ1v) is 4.25. The topological polar surface area (TPSA) is 41.8 Å². The fourth-order valence-corrected chi connectivity index (χ4v) is 1.50. The molecule has 0 fully saturated rings. The smallest absolute Gasteiger partial charge is 0.126 e. The number of rotatable bonds is 0. The highest BCUT2D eigenvalue weighted by Crippen LogP contribution is 2.14. The average Bonchev–Trinajstić information content (AvgIpc) is 2.44. The molecule has 0 aromatic carbocycles. The van der Waals surface area contributed by atoms with Crippen LogP contribution in [0.5, 0.6) is 0 Å². The molecule has 0 atom stereocenters. The van der Waals surface area contributed by atoms with Crippen LogP contribution in [0.2, 0.25) is 0 Å². The van der Waals surface area contributed by atoms with Crippen molar-refractivity contribution < 1.29 is 4.21 Å². The zero-order valence-electron chi connectivity index (χ0n) is 6.44. The van der Waals surface area contributed by atoms with E-state index in [0.29, 0.717) is 22.0 Å². The Kier molecular flexibility index (Phi) is 1.62. The molecule has 2 rings (SSSR count). The molecule has 1 aliphatic heterocycles. The van der Waals surface area contributed by atoms with E-state index in [0.717, 1.165) is 11.4 Å². The summed E-state index contributed by atoms with van der Waals surface area (Å²) in [5.74, 6) is 0.714. The van der Waals surface area contributed by atoms with Gasteiger partial charge in [0, 0.05) is 0 Å². The summed E-state index contributed by atoms with van der Waals surface area (Å²) in [4.78, 5) is 8.96. The maximum Gasteiger partial charge on any atom is 0.126 e. The SMILES string of the molecule is CC1=NC2=CC=CC(=S=O)C2=N1. The minimum absolute atomic E-state index is 0.459. The third-order valence-electron chi connectivity index (χ3n) is 1.62. The second kappa shape index (κ2) is 2.64. The Bertz CT molecular complexity index is 409. The predicted molar refractivity (Wildman–Crippen MR) is 50.9 cm³/mol. The first-order chi connectivity index (χ1) is 5.81. The number of amidine groups is 1. The summed E-state index contributed by atoms with van der Waals surface area (Å²) in [5.41, 5.74) is 1.52. The highest BCUT2D eigenvalue weighted by atomic mass is 32.1. The molecule has 1 aliphatic carbocycles. The van der Waals surface area contributed by atoms with Crippen LogP contribution >= 0.6 is 0 Å². The van der Waals surface area contributed by atoms with Gasteiger partial charge in [-0.15, -0.1) is 0 Å². The minimum atomic E-state index is 0.459. The molecule has 0 aromatic heterocycles. The van der Waals surface area contributed by atoms with Gasteiger partial charge in [-0.1, -0.05) is 6.08 Å². The van der Waals surface area contributed by atoms with E-state index in [4.69, 9.17) is 0 Å². The van der Waals surface area contributed by atoms with Gasteiger partial charge in [0.25, 0.3) is 0 Å². The number of hydrogen-bond donors (Lipinski definition) is 0. The molecular weight excluding hydrogens is 172 g/mol. The van der Waals surface area contributed by atoms with Crippen molar-refractivity contribution in [1.82, 2.24) is 0 Å². The van der Waals surface area contributed by atoms with Crippen molar-refractivity contribution in [2.45, 2.75) is 6.92 Å². The van der Waals surface area contributed by atoms with E-state index in [9.17, 15) is 4.21 Å². The van der Waals surface area contributed by atoms with Gasteiger partial charge in [-0.05, 0) is 19.1 Å². The van der Waals surface area contributed by atoms with Gasteiger partial charge in [0.1, 0.15) is 11.5 Å². The molecule has 60 valence electrons. The van der Waals surface area contributed by atoms with E-state index in [1.807, 2.05) is 19.1 Å². The Balaban J connectivity index is 2.58. The van der Waals surface area contributed by atoms with Gasteiger partial charge in [-0.3, -0.25) is 0 Å². The molecule has 0 saturated carbocycles. The summed E-state index contributed by atoms with van der Waals surface area (Å²) in [7, 11) is 0. The fourth-order valence-electron chi connectivity index (χ4n) is 1.14. The highest BCUT2D eigenvalue weighted by Gasteiger charge is 2.19. The Hall–Kier alpha value is -1.29. The first-order valence-electron chi connectivity index (χ1n) is 3.51. The van der Waals surface area contributed by atoms with Gasteiger partial charge in [-0.2, -0.15) is 0 Å². The minimum Gasteiger partial charge on any atom is -0.232 e. The molecule has 0 radical (unpaired) electrons. The van der Waals surface area contributed by atoms with Crippen LogP contribution in [0.25, 0.3) is 0 Å². The van der Waals surface area contributed by atoms with Crippen LogP contribution in [0.3, 0.4) is 0 Å². The normalized spacial score (nSPS) is 19.8. The van der Waals surface area contributed by atoms with Crippen LogP contribution in [0, 0.1) is 0 Å². The standard InChI is InChI=1S/C8H6N2OS/c1-5-9-6-3-2-4-7(12-11)8(6)10-5/h2-4H,1H3. The summed E-state index contributed by atoms with van der Waals surface area (Å²) < 4.78 is 10.6. The molecule has 12 heavy (non-hydrogen) atoms. The number of nitrogens with zero attached hydrogens (tertiary/aromatic N) is 2. The molecule has 0 N–H and O–H groups in total. The van der Waals surface area contributed by atoms with Gasteiger partial charge in [0.05, 0.1) is 21.8 Å². The average molecular weight is 178 g/mol. The molecule has 0 aromatic rings.